The number of carbonyl (C=O) groups is 1. The van der Waals surface area contributed by atoms with Crippen molar-refractivity contribution in [3.63, 3.8) is 0 Å². The summed E-state index contributed by atoms with van der Waals surface area (Å²) in [6.45, 7) is 5.25. The number of carbonyl (C=O) groups excluding carboxylic acids is 1. The number of nitrogen functional groups attached to an aromatic ring is 1. The van der Waals surface area contributed by atoms with Crippen molar-refractivity contribution in [3.05, 3.63) is 23.2 Å². The zero-order valence-electron chi connectivity index (χ0n) is 12.3. The van der Waals surface area contributed by atoms with Crippen LogP contribution in [0.15, 0.2) is 18.2 Å². The predicted molar refractivity (Wildman–Crippen MR) is 85.6 cm³/mol. The Hall–Kier alpha value is -1.30. The molecule has 1 saturated heterocycles. The third-order valence-corrected chi connectivity index (χ3v) is 4.03. The summed E-state index contributed by atoms with van der Waals surface area (Å²) < 4.78 is 5.46. The van der Waals surface area contributed by atoms with Crippen LogP contribution in [0.2, 0.25) is 5.02 Å². The maximum Gasteiger partial charge on any atom is 0.225 e. The number of morpholine rings is 1. The minimum atomic E-state index is -0.0389. The van der Waals surface area contributed by atoms with Gasteiger partial charge in [0, 0.05) is 31.2 Å². The molecule has 1 aromatic carbocycles. The molecule has 0 aromatic heterocycles. The Morgan fingerprint density at radius 3 is 3.10 bits per heavy atom. The van der Waals surface area contributed by atoms with Crippen LogP contribution in [0.25, 0.3) is 0 Å². The van der Waals surface area contributed by atoms with Crippen LogP contribution < -0.4 is 11.1 Å². The lowest BCUT2D eigenvalue weighted by molar-refractivity contribution is -0.117. The molecule has 3 N–H and O–H groups in total. The van der Waals surface area contributed by atoms with E-state index in [0.717, 1.165) is 32.7 Å². The Labute approximate surface area is 130 Å². The van der Waals surface area contributed by atoms with Gasteiger partial charge >= 0.3 is 0 Å². The molecule has 116 valence electrons. The van der Waals surface area contributed by atoms with Crippen LogP contribution in [0.3, 0.4) is 0 Å². The molecule has 2 rings (SSSR count). The Morgan fingerprint density at radius 1 is 1.57 bits per heavy atom. The third kappa shape index (κ3) is 4.59. The maximum absolute atomic E-state index is 12.0. The highest BCUT2D eigenvalue weighted by Crippen LogP contribution is 2.24. The molecule has 1 unspecified atom stereocenters. The van der Waals surface area contributed by atoms with Crippen molar-refractivity contribution < 1.29 is 9.53 Å². The fraction of sp³-hybridized carbons (Fsp3) is 0.533. The second kappa shape index (κ2) is 7.64. The number of ether oxygens (including phenoxy) is 1. The van der Waals surface area contributed by atoms with Gasteiger partial charge in [0.25, 0.3) is 0 Å². The second-order valence-corrected chi connectivity index (χ2v) is 5.62. The van der Waals surface area contributed by atoms with E-state index in [9.17, 15) is 4.79 Å². The molecule has 0 aliphatic carbocycles. The number of anilines is 2. The van der Waals surface area contributed by atoms with Gasteiger partial charge < -0.3 is 15.8 Å². The third-order valence-electron chi connectivity index (χ3n) is 3.71. The van der Waals surface area contributed by atoms with Gasteiger partial charge in [-0.2, -0.15) is 0 Å². The molecule has 1 aliphatic heterocycles. The molecule has 21 heavy (non-hydrogen) atoms. The van der Waals surface area contributed by atoms with Crippen LogP contribution in [-0.2, 0) is 9.53 Å². The summed E-state index contributed by atoms with van der Waals surface area (Å²) in [5, 5.41) is 3.28. The molecule has 1 aliphatic rings. The summed E-state index contributed by atoms with van der Waals surface area (Å²) in [4.78, 5) is 14.3. The Kier molecular flexibility index (Phi) is 5.85. The highest BCUT2D eigenvalue weighted by molar-refractivity contribution is 6.34. The summed E-state index contributed by atoms with van der Waals surface area (Å²) in [7, 11) is 0. The van der Waals surface area contributed by atoms with Crippen molar-refractivity contribution in [3.8, 4) is 0 Å². The lowest BCUT2D eigenvalue weighted by Gasteiger charge is -2.34. The largest absolute Gasteiger partial charge is 0.399 e. The zero-order valence-corrected chi connectivity index (χ0v) is 13.0. The van der Waals surface area contributed by atoms with Crippen molar-refractivity contribution in [2.75, 3.05) is 37.4 Å². The highest BCUT2D eigenvalue weighted by Gasteiger charge is 2.21. The molecule has 6 heteroatoms. The molecule has 0 saturated carbocycles. The van der Waals surface area contributed by atoms with Crippen molar-refractivity contribution >= 4 is 28.9 Å². The number of halogens is 1. The molecule has 0 spiro atoms. The van der Waals surface area contributed by atoms with Gasteiger partial charge in [0.2, 0.25) is 5.91 Å². The normalized spacial score (nSPS) is 19.4. The summed E-state index contributed by atoms with van der Waals surface area (Å²) in [5.41, 5.74) is 6.81. The SMILES string of the molecule is CCC1COCCN1CCC(=O)Nc1ccc(N)cc1Cl. The van der Waals surface area contributed by atoms with E-state index in [1.807, 2.05) is 0 Å². The first-order valence-corrected chi connectivity index (χ1v) is 7.64. The monoisotopic (exact) mass is 311 g/mol. The molecule has 1 amide bonds. The lowest BCUT2D eigenvalue weighted by atomic mass is 10.1. The first-order valence-electron chi connectivity index (χ1n) is 7.26. The minimum absolute atomic E-state index is 0.0389. The molecule has 1 aromatic rings. The summed E-state index contributed by atoms with van der Waals surface area (Å²) in [6.07, 6.45) is 1.47. The summed E-state index contributed by atoms with van der Waals surface area (Å²) in [5.74, 6) is -0.0389. The van der Waals surface area contributed by atoms with Gasteiger partial charge in [-0.3, -0.25) is 9.69 Å². The first-order chi connectivity index (χ1) is 10.1. The van der Waals surface area contributed by atoms with E-state index in [4.69, 9.17) is 22.1 Å². The maximum atomic E-state index is 12.0. The number of benzene rings is 1. The van der Waals surface area contributed by atoms with Crippen molar-refractivity contribution in [2.24, 2.45) is 0 Å². The van der Waals surface area contributed by atoms with Gasteiger partial charge in [0.05, 0.1) is 23.9 Å². The van der Waals surface area contributed by atoms with Gasteiger partial charge in [0.15, 0.2) is 0 Å². The molecule has 1 atom stereocenters. The predicted octanol–water partition coefficient (Wildman–Crippen LogP) is 2.36. The van der Waals surface area contributed by atoms with Crippen LogP contribution in [0, 0.1) is 0 Å². The van der Waals surface area contributed by atoms with Gasteiger partial charge in [-0.1, -0.05) is 18.5 Å². The molecule has 1 heterocycles. The first kappa shape index (κ1) is 16.1. The number of nitrogens with zero attached hydrogens (tertiary/aromatic N) is 1. The Balaban J connectivity index is 1.84. The van der Waals surface area contributed by atoms with Gasteiger partial charge in [-0.25, -0.2) is 0 Å². The average Bonchev–Trinajstić information content (AvgIpc) is 2.48. The van der Waals surface area contributed by atoms with E-state index < -0.39 is 0 Å². The topological polar surface area (TPSA) is 67.6 Å². The molecular weight excluding hydrogens is 290 g/mol. The number of rotatable bonds is 5. The van der Waals surface area contributed by atoms with E-state index in [2.05, 4.69) is 17.1 Å². The van der Waals surface area contributed by atoms with Gasteiger partial charge in [-0.05, 0) is 24.6 Å². The molecule has 0 radical (unpaired) electrons. The van der Waals surface area contributed by atoms with Crippen LogP contribution in [0.1, 0.15) is 19.8 Å². The fourth-order valence-electron chi connectivity index (χ4n) is 2.45. The van der Waals surface area contributed by atoms with Crippen LogP contribution in [0.5, 0.6) is 0 Å². The summed E-state index contributed by atoms with van der Waals surface area (Å²) in [6, 6.07) is 5.48. The molecule has 1 fully saturated rings. The van der Waals surface area contributed by atoms with Gasteiger partial charge in [-0.15, -0.1) is 0 Å². The number of nitrogens with two attached hydrogens (primary N) is 1. The lowest BCUT2D eigenvalue weighted by Crippen LogP contribution is -2.46. The van der Waals surface area contributed by atoms with Crippen molar-refractivity contribution in [1.82, 2.24) is 4.90 Å². The van der Waals surface area contributed by atoms with E-state index in [0.29, 0.717) is 28.9 Å². The smallest absolute Gasteiger partial charge is 0.225 e. The number of hydrogen-bond donors (Lipinski definition) is 2. The Bertz CT molecular complexity index is 496. The molecule has 5 nitrogen and oxygen atoms in total. The van der Waals surface area contributed by atoms with E-state index >= 15 is 0 Å². The van der Waals surface area contributed by atoms with E-state index in [-0.39, 0.29) is 5.91 Å². The zero-order chi connectivity index (χ0) is 15.2. The fourth-order valence-corrected chi connectivity index (χ4v) is 2.69. The minimum Gasteiger partial charge on any atom is -0.399 e. The van der Waals surface area contributed by atoms with Crippen LogP contribution >= 0.6 is 11.6 Å². The molecular formula is C15H22ClN3O2. The highest BCUT2D eigenvalue weighted by atomic mass is 35.5. The van der Waals surface area contributed by atoms with Crippen molar-refractivity contribution in [2.45, 2.75) is 25.8 Å². The average molecular weight is 312 g/mol. The summed E-state index contributed by atoms with van der Waals surface area (Å²) >= 11 is 6.05. The number of nitrogens with one attached hydrogen (secondary N) is 1. The number of hydrogen-bond acceptors (Lipinski definition) is 4. The van der Waals surface area contributed by atoms with Crippen molar-refractivity contribution in [1.29, 1.82) is 0 Å². The standard InChI is InChI=1S/C15H22ClN3O2/c1-2-12-10-21-8-7-19(12)6-5-15(20)18-14-4-3-11(17)9-13(14)16/h3-4,9,12H,2,5-8,10,17H2,1H3,(H,18,20). The van der Waals surface area contributed by atoms with Crippen LogP contribution in [0.4, 0.5) is 11.4 Å². The van der Waals surface area contributed by atoms with E-state index in [1.54, 1.807) is 18.2 Å². The van der Waals surface area contributed by atoms with E-state index in [1.165, 1.54) is 0 Å². The molecule has 0 bridgehead atoms. The van der Waals surface area contributed by atoms with Crippen LogP contribution in [-0.4, -0.2) is 43.2 Å². The number of amides is 1. The van der Waals surface area contributed by atoms with Gasteiger partial charge in [0.1, 0.15) is 0 Å². The second-order valence-electron chi connectivity index (χ2n) is 5.21. The quantitative estimate of drug-likeness (QED) is 0.819. The Morgan fingerprint density at radius 2 is 2.38 bits per heavy atom.